The van der Waals surface area contributed by atoms with Crippen LogP contribution in [0.25, 0.3) is 0 Å². The Morgan fingerprint density at radius 2 is 2.44 bits per heavy atom. The van der Waals surface area contributed by atoms with Gasteiger partial charge >= 0.3 is 0 Å². The average molecular weight is 222 g/mol. The van der Waals surface area contributed by atoms with Crippen molar-refractivity contribution in [2.45, 2.75) is 19.4 Å². The van der Waals surface area contributed by atoms with Crippen LogP contribution in [-0.4, -0.2) is 29.3 Å². The predicted molar refractivity (Wildman–Crippen MR) is 64.0 cm³/mol. The van der Waals surface area contributed by atoms with E-state index >= 15 is 0 Å². The second-order valence-corrected chi connectivity index (χ2v) is 4.32. The number of aliphatic hydroxyl groups is 1. The number of nitrogens with one attached hydrogen (secondary N) is 1. The van der Waals surface area contributed by atoms with Gasteiger partial charge in [0.25, 0.3) is 0 Å². The minimum atomic E-state index is -0.176. The highest BCUT2D eigenvalue weighted by Gasteiger charge is 2.24. The highest BCUT2D eigenvalue weighted by Crippen LogP contribution is 2.24. The zero-order valence-corrected chi connectivity index (χ0v) is 9.43. The van der Waals surface area contributed by atoms with Crippen LogP contribution in [0.4, 0.5) is 11.5 Å². The van der Waals surface area contributed by atoms with E-state index in [1.165, 1.54) is 0 Å². The molecule has 4 N–H and O–H groups in total. The molecule has 5 heteroatoms. The van der Waals surface area contributed by atoms with Gasteiger partial charge in [-0.3, -0.25) is 0 Å². The fraction of sp³-hybridized carbons (Fsp3) is 0.545. The third-order valence-electron chi connectivity index (χ3n) is 3.12. The lowest BCUT2D eigenvalue weighted by Crippen LogP contribution is -2.42. The number of hydrazine groups is 1. The molecule has 5 nitrogen and oxygen atoms in total. The number of nitrogens with zero attached hydrogens (tertiary/aromatic N) is 2. The van der Waals surface area contributed by atoms with E-state index in [0.29, 0.717) is 11.7 Å². The second-order valence-electron chi connectivity index (χ2n) is 4.32. The summed E-state index contributed by atoms with van der Waals surface area (Å²) in [5, 5.41) is 9.67. The molecule has 1 saturated heterocycles. The van der Waals surface area contributed by atoms with Crippen molar-refractivity contribution in [3.05, 3.63) is 18.3 Å². The van der Waals surface area contributed by atoms with Crippen LogP contribution in [0.1, 0.15) is 13.3 Å². The number of hydrogen-bond donors (Lipinski definition) is 3. The molecule has 1 aromatic rings. The van der Waals surface area contributed by atoms with Crippen LogP contribution in [0.2, 0.25) is 0 Å². The number of nitrogen functional groups attached to an aromatic ring is 1. The monoisotopic (exact) mass is 222 g/mol. The quantitative estimate of drug-likeness (QED) is 0.504. The lowest BCUT2D eigenvalue weighted by molar-refractivity contribution is 0.0971. The van der Waals surface area contributed by atoms with Gasteiger partial charge in [0.05, 0.1) is 6.10 Å². The smallest absolute Gasteiger partial charge is 0.141 e. The molecule has 1 fully saturated rings. The summed E-state index contributed by atoms with van der Waals surface area (Å²) < 4.78 is 0. The number of rotatable bonds is 2. The van der Waals surface area contributed by atoms with Gasteiger partial charge < -0.3 is 15.4 Å². The Balaban J connectivity index is 2.12. The van der Waals surface area contributed by atoms with Crippen LogP contribution in [0.5, 0.6) is 0 Å². The van der Waals surface area contributed by atoms with Crippen LogP contribution >= 0.6 is 0 Å². The molecule has 1 aromatic heterocycles. The van der Waals surface area contributed by atoms with E-state index in [2.05, 4.69) is 22.2 Å². The Morgan fingerprint density at radius 3 is 3.12 bits per heavy atom. The third-order valence-corrected chi connectivity index (χ3v) is 3.12. The van der Waals surface area contributed by atoms with Crippen molar-refractivity contribution in [3.8, 4) is 0 Å². The molecule has 16 heavy (non-hydrogen) atoms. The van der Waals surface area contributed by atoms with Gasteiger partial charge in [0.1, 0.15) is 5.82 Å². The first-order valence-electron chi connectivity index (χ1n) is 5.56. The maximum Gasteiger partial charge on any atom is 0.141 e. The van der Waals surface area contributed by atoms with Crippen molar-refractivity contribution in [2.75, 3.05) is 23.4 Å². The van der Waals surface area contributed by atoms with Gasteiger partial charge in [-0.2, -0.15) is 0 Å². The van der Waals surface area contributed by atoms with E-state index in [9.17, 15) is 5.11 Å². The SMILES string of the molecule is CC1CN(c2ccnc(NN)c2)CCC1O. The average Bonchev–Trinajstić information content (AvgIpc) is 2.33. The molecular formula is C11H18N4O. The predicted octanol–water partition coefficient (Wildman–Crippen LogP) is 0.574. The topological polar surface area (TPSA) is 74.4 Å². The number of hydrogen-bond acceptors (Lipinski definition) is 5. The fourth-order valence-corrected chi connectivity index (χ4v) is 2.06. The first kappa shape index (κ1) is 11.2. The minimum Gasteiger partial charge on any atom is -0.393 e. The normalized spacial score (nSPS) is 25.6. The van der Waals surface area contributed by atoms with E-state index in [1.807, 2.05) is 12.1 Å². The van der Waals surface area contributed by atoms with E-state index in [1.54, 1.807) is 6.20 Å². The van der Waals surface area contributed by atoms with Crippen LogP contribution in [-0.2, 0) is 0 Å². The minimum absolute atomic E-state index is 0.176. The highest BCUT2D eigenvalue weighted by molar-refractivity contribution is 5.53. The molecule has 0 spiro atoms. The Hall–Kier alpha value is -1.33. The van der Waals surface area contributed by atoms with Gasteiger partial charge in [0, 0.05) is 31.0 Å². The van der Waals surface area contributed by atoms with Crippen molar-refractivity contribution < 1.29 is 5.11 Å². The molecule has 0 saturated carbocycles. The summed E-state index contributed by atoms with van der Waals surface area (Å²) in [6.45, 7) is 3.81. The summed E-state index contributed by atoms with van der Waals surface area (Å²) >= 11 is 0. The summed E-state index contributed by atoms with van der Waals surface area (Å²) in [7, 11) is 0. The molecule has 2 atom stereocenters. The summed E-state index contributed by atoms with van der Waals surface area (Å²) in [6.07, 6.45) is 2.37. The van der Waals surface area contributed by atoms with E-state index in [4.69, 9.17) is 5.84 Å². The third kappa shape index (κ3) is 2.25. The van der Waals surface area contributed by atoms with E-state index < -0.39 is 0 Å². The van der Waals surface area contributed by atoms with Gasteiger partial charge in [-0.25, -0.2) is 10.8 Å². The van der Waals surface area contributed by atoms with Crippen molar-refractivity contribution in [1.29, 1.82) is 0 Å². The molecule has 1 aliphatic rings. The molecule has 1 aliphatic heterocycles. The number of anilines is 2. The molecular weight excluding hydrogens is 204 g/mol. The van der Waals surface area contributed by atoms with Crippen molar-refractivity contribution in [3.63, 3.8) is 0 Å². The van der Waals surface area contributed by atoms with Crippen molar-refractivity contribution in [2.24, 2.45) is 11.8 Å². The molecule has 0 bridgehead atoms. The van der Waals surface area contributed by atoms with Gasteiger partial charge in [-0.15, -0.1) is 0 Å². The Labute approximate surface area is 95.2 Å². The molecule has 2 heterocycles. The Kier molecular flexibility index (Phi) is 3.26. The van der Waals surface area contributed by atoms with Crippen LogP contribution in [0.3, 0.4) is 0 Å². The summed E-state index contributed by atoms with van der Waals surface area (Å²) in [5.74, 6) is 6.29. The van der Waals surface area contributed by atoms with E-state index in [-0.39, 0.29) is 6.10 Å². The molecule has 0 radical (unpaired) electrons. The zero-order chi connectivity index (χ0) is 11.5. The first-order chi connectivity index (χ1) is 7.70. The zero-order valence-electron chi connectivity index (χ0n) is 9.43. The maximum absolute atomic E-state index is 9.67. The Morgan fingerprint density at radius 1 is 1.62 bits per heavy atom. The molecule has 0 aromatic carbocycles. The van der Waals surface area contributed by atoms with Gasteiger partial charge in [0.15, 0.2) is 0 Å². The lowest BCUT2D eigenvalue weighted by atomic mass is 9.96. The summed E-state index contributed by atoms with van der Waals surface area (Å²) in [4.78, 5) is 6.32. The van der Waals surface area contributed by atoms with E-state index in [0.717, 1.165) is 25.2 Å². The fourth-order valence-electron chi connectivity index (χ4n) is 2.06. The summed E-state index contributed by atoms with van der Waals surface area (Å²) in [6, 6.07) is 3.88. The molecule has 2 rings (SSSR count). The number of nitrogens with two attached hydrogens (primary N) is 1. The first-order valence-corrected chi connectivity index (χ1v) is 5.56. The molecule has 0 aliphatic carbocycles. The van der Waals surface area contributed by atoms with Crippen LogP contribution in [0, 0.1) is 5.92 Å². The number of aliphatic hydroxyl groups excluding tert-OH is 1. The molecule has 88 valence electrons. The number of aromatic nitrogens is 1. The lowest BCUT2D eigenvalue weighted by Gasteiger charge is -2.36. The van der Waals surface area contributed by atoms with Gasteiger partial charge in [-0.05, 0) is 18.4 Å². The van der Waals surface area contributed by atoms with Gasteiger partial charge in [0.2, 0.25) is 0 Å². The van der Waals surface area contributed by atoms with Crippen molar-refractivity contribution >= 4 is 11.5 Å². The number of piperidine rings is 1. The standard InChI is InChI=1S/C11H18N4O/c1-8-7-15(5-3-10(8)16)9-2-4-13-11(6-9)14-12/h2,4,6,8,10,16H,3,5,7,12H2,1H3,(H,13,14). The highest BCUT2D eigenvalue weighted by atomic mass is 16.3. The Bertz CT molecular complexity index is 358. The van der Waals surface area contributed by atoms with Crippen LogP contribution in [0.15, 0.2) is 18.3 Å². The van der Waals surface area contributed by atoms with Gasteiger partial charge in [-0.1, -0.05) is 6.92 Å². The van der Waals surface area contributed by atoms with Crippen molar-refractivity contribution in [1.82, 2.24) is 4.98 Å². The maximum atomic E-state index is 9.67. The summed E-state index contributed by atoms with van der Waals surface area (Å²) in [5.41, 5.74) is 3.64. The molecule has 0 amide bonds. The van der Waals surface area contributed by atoms with Crippen LogP contribution < -0.4 is 16.2 Å². The second kappa shape index (κ2) is 4.67. The number of pyridine rings is 1. The molecule has 2 unspecified atom stereocenters. The largest absolute Gasteiger partial charge is 0.393 e.